The molecule has 0 aliphatic rings. The molecular formula is C17H27FN4O. The van der Waals surface area contributed by atoms with Crippen molar-refractivity contribution in [1.29, 1.82) is 0 Å². The van der Waals surface area contributed by atoms with Crippen LogP contribution < -0.4 is 16.0 Å². The third kappa shape index (κ3) is 8.18. The highest BCUT2D eigenvalue weighted by Gasteiger charge is 2.08. The zero-order valence-corrected chi connectivity index (χ0v) is 14.3. The maximum atomic E-state index is 12.8. The third-order valence-electron chi connectivity index (χ3n) is 3.33. The molecule has 128 valence electrons. The van der Waals surface area contributed by atoms with E-state index in [1.165, 1.54) is 24.3 Å². The SMILES string of the molecule is CN=C(NCC(=O)Nc1ccc(F)cc1)NC(C)CCC(C)C. The average Bonchev–Trinajstić information content (AvgIpc) is 2.51. The van der Waals surface area contributed by atoms with Crippen molar-refractivity contribution in [2.24, 2.45) is 10.9 Å². The first-order chi connectivity index (χ1) is 10.9. The predicted octanol–water partition coefficient (Wildman–Crippen LogP) is 2.75. The number of halogens is 1. The van der Waals surface area contributed by atoms with Gasteiger partial charge in [0.15, 0.2) is 5.96 Å². The maximum Gasteiger partial charge on any atom is 0.243 e. The van der Waals surface area contributed by atoms with Gasteiger partial charge in [-0.15, -0.1) is 0 Å². The second-order valence-electron chi connectivity index (χ2n) is 6.00. The summed E-state index contributed by atoms with van der Waals surface area (Å²) in [4.78, 5) is 16.0. The minimum Gasteiger partial charge on any atom is -0.354 e. The number of hydrogen-bond donors (Lipinski definition) is 3. The highest BCUT2D eigenvalue weighted by Crippen LogP contribution is 2.08. The second-order valence-corrected chi connectivity index (χ2v) is 6.00. The third-order valence-corrected chi connectivity index (χ3v) is 3.33. The Morgan fingerprint density at radius 1 is 1.17 bits per heavy atom. The molecule has 0 bridgehead atoms. The van der Waals surface area contributed by atoms with Gasteiger partial charge in [0.2, 0.25) is 5.91 Å². The van der Waals surface area contributed by atoms with Gasteiger partial charge in [-0.3, -0.25) is 9.79 Å². The molecule has 0 aliphatic carbocycles. The number of rotatable bonds is 7. The molecule has 0 aromatic heterocycles. The minimum atomic E-state index is -0.332. The van der Waals surface area contributed by atoms with Crippen molar-refractivity contribution in [1.82, 2.24) is 10.6 Å². The van der Waals surface area contributed by atoms with Gasteiger partial charge in [0.1, 0.15) is 5.82 Å². The molecule has 23 heavy (non-hydrogen) atoms. The summed E-state index contributed by atoms with van der Waals surface area (Å²) in [6, 6.07) is 5.94. The average molecular weight is 322 g/mol. The van der Waals surface area contributed by atoms with Crippen LogP contribution in [0.2, 0.25) is 0 Å². The van der Waals surface area contributed by atoms with E-state index >= 15 is 0 Å². The molecule has 0 saturated heterocycles. The van der Waals surface area contributed by atoms with Crippen LogP contribution in [0.4, 0.5) is 10.1 Å². The molecule has 0 fully saturated rings. The van der Waals surface area contributed by atoms with Crippen LogP contribution in [0.5, 0.6) is 0 Å². The number of aliphatic imine (C=N–C) groups is 1. The van der Waals surface area contributed by atoms with Crippen LogP contribution in [0.3, 0.4) is 0 Å². The van der Waals surface area contributed by atoms with E-state index < -0.39 is 0 Å². The summed E-state index contributed by atoms with van der Waals surface area (Å²) in [7, 11) is 1.67. The van der Waals surface area contributed by atoms with E-state index in [1.807, 2.05) is 0 Å². The molecule has 6 heteroatoms. The molecule has 1 rings (SSSR count). The van der Waals surface area contributed by atoms with Crippen molar-refractivity contribution in [2.45, 2.75) is 39.7 Å². The largest absolute Gasteiger partial charge is 0.354 e. The fourth-order valence-corrected chi connectivity index (χ4v) is 1.99. The number of benzene rings is 1. The van der Waals surface area contributed by atoms with E-state index in [2.05, 4.69) is 41.7 Å². The molecule has 0 aliphatic heterocycles. The van der Waals surface area contributed by atoms with Crippen LogP contribution in [0.1, 0.15) is 33.6 Å². The smallest absolute Gasteiger partial charge is 0.243 e. The lowest BCUT2D eigenvalue weighted by atomic mass is 10.0. The van der Waals surface area contributed by atoms with E-state index in [9.17, 15) is 9.18 Å². The topological polar surface area (TPSA) is 65.5 Å². The van der Waals surface area contributed by atoms with Crippen LogP contribution in [0.15, 0.2) is 29.3 Å². The number of carbonyl (C=O) groups is 1. The van der Waals surface area contributed by atoms with Gasteiger partial charge in [-0.25, -0.2) is 4.39 Å². The van der Waals surface area contributed by atoms with Crippen molar-refractivity contribution in [2.75, 3.05) is 18.9 Å². The number of hydrogen-bond acceptors (Lipinski definition) is 2. The molecule has 0 heterocycles. The number of anilines is 1. The van der Waals surface area contributed by atoms with Crippen LogP contribution in [-0.4, -0.2) is 31.5 Å². The Kier molecular flexibility index (Phi) is 8.08. The first-order valence-corrected chi connectivity index (χ1v) is 7.93. The summed E-state index contributed by atoms with van der Waals surface area (Å²) in [5.74, 6) is 0.710. The Labute approximate surface area is 137 Å². The number of nitrogens with one attached hydrogen (secondary N) is 3. The molecule has 0 saturated carbocycles. The quantitative estimate of drug-likeness (QED) is 0.534. The van der Waals surface area contributed by atoms with Gasteiger partial charge in [0.05, 0.1) is 6.54 Å². The number of carbonyl (C=O) groups excluding carboxylic acids is 1. The zero-order chi connectivity index (χ0) is 17.2. The molecule has 1 amide bonds. The van der Waals surface area contributed by atoms with Crippen LogP contribution in [0, 0.1) is 11.7 Å². The molecule has 1 atom stereocenters. The van der Waals surface area contributed by atoms with Gasteiger partial charge < -0.3 is 16.0 Å². The Hall–Kier alpha value is -2.11. The molecule has 0 spiro atoms. The Balaban J connectivity index is 2.36. The predicted molar refractivity (Wildman–Crippen MR) is 93.1 cm³/mol. The molecule has 3 N–H and O–H groups in total. The van der Waals surface area contributed by atoms with Crippen LogP contribution in [-0.2, 0) is 4.79 Å². The summed E-state index contributed by atoms with van der Waals surface area (Å²) in [5.41, 5.74) is 0.562. The fraction of sp³-hybridized carbons (Fsp3) is 0.529. The fourth-order valence-electron chi connectivity index (χ4n) is 1.99. The summed E-state index contributed by atoms with van der Waals surface area (Å²) < 4.78 is 12.8. The summed E-state index contributed by atoms with van der Waals surface area (Å²) in [5, 5.41) is 8.92. The molecule has 1 aromatic carbocycles. The van der Waals surface area contributed by atoms with E-state index in [0.717, 1.165) is 12.8 Å². The highest BCUT2D eigenvalue weighted by atomic mass is 19.1. The van der Waals surface area contributed by atoms with Crippen LogP contribution >= 0.6 is 0 Å². The van der Waals surface area contributed by atoms with Gasteiger partial charge in [0.25, 0.3) is 0 Å². The molecule has 5 nitrogen and oxygen atoms in total. The summed E-state index contributed by atoms with van der Waals surface area (Å²) in [6.45, 7) is 6.57. The molecule has 0 radical (unpaired) electrons. The van der Waals surface area contributed by atoms with Crippen molar-refractivity contribution in [3.63, 3.8) is 0 Å². The van der Waals surface area contributed by atoms with Gasteiger partial charge in [0, 0.05) is 18.8 Å². The molecular weight excluding hydrogens is 295 g/mol. The Bertz CT molecular complexity index is 514. The van der Waals surface area contributed by atoms with Gasteiger partial charge in [-0.05, 0) is 49.9 Å². The van der Waals surface area contributed by atoms with E-state index in [4.69, 9.17) is 0 Å². The maximum absolute atomic E-state index is 12.8. The van der Waals surface area contributed by atoms with Crippen molar-refractivity contribution in [3.8, 4) is 0 Å². The first-order valence-electron chi connectivity index (χ1n) is 7.93. The normalized spacial score (nSPS) is 12.9. The molecule has 1 aromatic rings. The Morgan fingerprint density at radius 3 is 2.39 bits per heavy atom. The number of amides is 1. The van der Waals surface area contributed by atoms with E-state index in [0.29, 0.717) is 17.6 Å². The second kappa shape index (κ2) is 9.82. The number of nitrogens with zero attached hydrogens (tertiary/aromatic N) is 1. The van der Waals surface area contributed by atoms with Gasteiger partial charge >= 0.3 is 0 Å². The summed E-state index contributed by atoms with van der Waals surface area (Å²) >= 11 is 0. The lowest BCUT2D eigenvalue weighted by Crippen LogP contribution is -2.45. The first kappa shape index (κ1) is 18.9. The summed E-state index contributed by atoms with van der Waals surface area (Å²) in [6.07, 6.45) is 2.18. The standard InChI is InChI=1S/C17H27FN4O/c1-12(2)5-6-13(3)21-17(19-4)20-11-16(23)22-15-9-7-14(18)8-10-15/h7-10,12-13H,5-6,11H2,1-4H3,(H,22,23)(H2,19,20,21). The van der Waals surface area contributed by atoms with Gasteiger partial charge in [-0.2, -0.15) is 0 Å². The van der Waals surface area contributed by atoms with Crippen molar-refractivity contribution >= 4 is 17.6 Å². The van der Waals surface area contributed by atoms with E-state index in [-0.39, 0.29) is 24.3 Å². The molecule has 1 unspecified atom stereocenters. The number of guanidine groups is 1. The Morgan fingerprint density at radius 2 is 1.83 bits per heavy atom. The monoisotopic (exact) mass is 322 g/mol. The lowest BCUT2D eigenvalue weighted by molar-refractivity contribution is -0.115. The van der Waals surface area contributed by atoms with Crippen molar-refractivity contribution in [3.05, 3.63) is 30.1 Å². The minimum absolute atomic E-state index is 0.0912. The lowest BCUT2D eigenvalue weighted by Gasteiger charge is -2.18. The van der Waals surface area contributed by atoms with E-state index in [1.54, 1.807) is 7.05 Å². The van der Waals surface area contributed by atoms with Crippen molar-refractivity contribution < 1.29 is 9.18 Å². The van der Waals surface area contributed by atoms with Crippen LogP contribution in [0.25, 0.3) is 0 Å². The van der Waals surface area contributed by atoms with Gasteiger partial charge in [-0.1, -0.05) is 13.8 Å². The zero-order valence-electron chi connectivity index (χ0n) is 14.3. The highest BCUT2D eigenvalue weighted by molar-refractivity contribution is 5.94.